The molecule has 5 aliphatic rings. The third kappa shape index (κ3) is 4.98. The second kappa shape index (κ2) is 10.8. The van der Waals surface area contributed by atoms with Crippen LogP contribution in [0.15, 0.2) is 12.2 Å². The number of hydrogen-bond acceptors (Lipinski definition) is 2. The van der Waals surface area contributed by atoms with Gasteiger partial charge in [-0.1, -0.05) is 85.3 Å². The summed E-state index contributed by atoms with van der Waals surface area (Å²) < 4.78 is 6.16. The average Bonchev–Trinajstić information content (AvgIpc) is 3.22. The zero-order valence-electron chi connectivity index (χ0n) is 24.3. The third-order valence-electron chi connectivity index (χ3n) is 12.5. The molecular formula is C34H56O2. The predicted octanol–water partition coefficient (Wildman–Crippen LogP) is 9.38. The topological polar surface area (TPSA) is 26.3 Å². The smallest absolute Gasteiger partial charge is 0.309 e. The molecule has 0 bridgehead atoms. The number of fused-ring (bicyclic) bond motifs is 5. The molecule has 2 heteroatoms. The lowest BCUT2D eigenvalue weighted by Gasteiger charge is -2.59. The van der Waals surface area contributed by atoms with Gasteiger partial charge in [-0.25, -0.2) is 0 Å². The third-order valence-corrected chi connectivity index (χ3v) is 12.5. The number of hydrogen-bond donors (Lipinski definition) is 0. The zero-order valence-corrected chi connectivity index (χ0v) is 24.3. The molecule has 0 heterocycles. The maximum Gasteiger partial charge on any atom is 0.309 e. The predicted molar refractivity (Wildman–Crippen MR) is 149 cm³/mol. The SMILES string of the molecule is CC(C)CCC[C@@H](C)[C@H]1CC[C@H]2[C@H]3C=C[C@H]4C[C@@H](OC(=O)C5CCCCC5)CC[C@]4(C)[C@@H]3CC[C@]12C. The Bertz CT molecular complexity index is 793. The van der Waals surface area contributed by atoms with E-state index >= 15 is 0 Å². The van der Waals surface area contributed by atoms with Crippen LogP contribution in [-0.2, 0) is 9.53 Å². The van der Waals surface area contributed by atoms with E-state index in [0.29, 0.717) is 16.7 Å². The van der Waals surface area contributed by atoms with Gasteiger partial charge in [0.25, 0.3) is 0 Å². The van der Waals surface area contributed by atoms with E-state index in [-0.39, 0.29) is 18.0 Å². The molecule has 0 aliphatic heterocycles. The Morgan fingerprint density at radius 2 is 1.58 bits per heavy atom. The van der Waals surface area contributed by atoms with Crippen LogP contribution < -0.4 is 0 Å². The highest BCUT2D eigenvalue weighted by atomic mass is 16.5. The molecule has 5 rings (SSSR count). The number of ether oxygens (including phenoxy) is 1. The van der Waals surface area contributed by atoms with Gasteiger partial charge in [0.1, 0.15) is 6.10 Å². The van der Waals surface area contributed by atoms with Crippen molar-refractivity contribution in [3.63, 3.8) is 0 Å². The second-order valence-corrected chi connectivity index (χ2v) is 15.0. The average molecular weight is 497 g/mol. The normalized spacial score (nSPS) is 43.5. The van der Waals surface area contributed by atoms with Crippen LogP contribution >= 0.6 is 0 Å². The largest absolute Gasteiger partial charge is 0.462 e. The van der Waals surface area contributed by atoms with Crippen molar-refractivity contribution in [3.8, 4) is 0 Å². The summed E-state index contributed by atoms with van der Waals surface area (Å²) in [5.74, 6) is 6.01. The summed E-state index contributed by atoms with van der Waals surface area (Å²) in [6, 6.07) is 0. The van der Waals surface area contributed by atoms with Gasteiger partial charge in [-0.2, -0.15) is 0 Å². The van der Waals surface area contributed by atoms with Gasteiger partial charge in [0.15, 0.2) is 0 Å². The van der Waals surface area contributed by atoms with Crippen molar-refractivity contribution in [1.29, 1.82) is 0 Å². The van der Waals surface area contributed by atoms with Crippen molar-refractivity contribution in [2.75, 3.05) is 0 Å². The van der Waals surface area contributed by atoms with Crippen molar-refractivity contribution < 1.29 is 9.53 Å². The molecule has 0 N–H and O–H groups in total. The molecule has 204 valence electrons. The Morgan fingerprint density at radius 1 is 0.861 bits per heavy atom. The van der Waals surface area contributed by atoms with Crippen LogP contribution in [0.3, 0.4) is 0 Å². The van der Waals surface area contributed by atoms with E-state index in [0.717, 1.165) is 61.2 Å². The molecule has 0 aromatic rings. The maximum absolute atomic E-state index is 12.8. The molecule has 36 heavy (non-hydrogen) atoms. The number of carbonyl (C=O) groups is 1. The lowest BCUT2D eigenvalue weighted by Crippen LogP contribution is -2.52. The van der Waals surface area contributed by atoms with Crippen LogP contribution in [0.1, 0.15) is 131 Å². The highest BCUT2D eigenvalue weighted by Gasteiger charge is 2.59. The Balaban J connectivity index is 1.23. The molecule has 0 unspecified atom stereocenters. The van der Waals surface area contributed by atoms with Gasteiger partial charge in [0.05, 0.1) is 5.92 Å². The Morgan fingerprint density at radius 3 is 2.33 bits per heavy atom. The minimum Gasteiger partial charge on any atom is -0.462 e. The van der Waals surface area contributed by atoms with E-state index in [9.17, 15) is 4.79 Å². The minimum atomic E-state index is 0.119. The lowest BCUT2D eigenvalue weighted by atomic mass is 9.46. The van der Waals surface area contributed by atoms with E-state index in [1.54, 1.807) is 0 Å². The lowest BCUT2D eigenvalue weighted by molar-refractivity contribution is -0.161. The molecule has 5 aliphatic carbocycles. The highest BCUT2D eigenvalue weighted by Crippen LogP contribution is 2.67. The van der Waals surface area contributed by atoms with E-state index < -0.39 is 0 Å². The molecule has 0 saturated heterocycles. The van der Waals surface area contributed by atoms with Crippen molar-refractivity contribution in [3.05, 3.63) is 12.2 Å². The quantitative estimate of drug-likeness (QED) is 0.259. The standard InChI is InChI=1S/C34H56O2/c1-23(2)10-9-11-24(3)29-16-17-30-28-15-14-26-22-27(36-32(35)25-12-7-6-8-13-25)18-20-33(26,4)31(28)19-21-34(29,30)5/h14-15,23-31H,6-13,16-22H2,1-5H3/t24-,26+,27+,28-,29-,30+,31-,33+,34-/m1/s1. The molecule has 2 nitrogen and oxygen atoms in total. The first-order valence-electron chi connectivity index (χ1n) is 16.1. The molecule has 0 aromatic carbocycles. The molecule has 9 atom stereocenters. The minimum absolute atomic E-state index is 0.119. The summed E-state index contributed by atoms with van der Waals surface area (Å²) in [6.07, 6.45) is 24.6. The van der Waals surface area contributed by atoms with Crippen LogP contribution in [0.4, 0.5) is 0 Å². The molecular weight excluding hydrogens is 440 g/mol. The first-order valence-corrected chi connectivity index (χ1v) is 16.1. The van der Waals surface area contributed by atoms with Gasteiger partial charge in [-0.3, -0.25) is 4.79 Å². The molecule has 0 amide bonds. The molecule has 0 spiro atoms. The van der Waals surface area contributed by atoms with Crippen molar-refractivity contribution in [2.45, 2.75) is 137 Å². The van der Waals surface area contributed by atoms with Crippen molar-refractivity contribution >= 4 is 5.97 Å². The summed E-state index contributed by atoms with van der Waals surface area (Å²) in [7, 11) is 0. The maximum atomic E-state index is 12.8. The Labute approximate surface area is 222 Å². The first-order chi connectivity index (χ1) is 17.2. The van der Waals surface area contributed by atoms with Crippen molar-refractivity contribution in [1.82, 2.24) is 0 Å². The number of allylic oxidation sites excluding steroid dienone is 2. The Hall–Kier alpha value is -0.790. The van der Waals surface area contributed by atoms with Gasteiger partial charge in [0.2, 0.25) is 0 Å². The summed E-state index contributed by atoms with van der Waals surface area (Å²) in [5, 5.41) is 0. The van der Waals surface area contributed by atoms with E-state index in [2.05, 4.69) is 46.8 Å². The monoisotopic (exact) mass is 496 g/mol. The van der Waals surface area contributed by atoms with Gasteiger partial charge < -0.3 is 4.74 Å². The van der Waals surface area contributed by atoms with Crippen LogP contribution in [-0.4, -0.2) is 12.1 Å². The van der Waals surface area contributed by atoms with E-state index in [1.165, 1.54) is 70.6 Å². The fraction of sp³-hybridized carbons (Fsp3) is 0.912. The molecule has 4 saturated carbocycles. The number of carbonyl (C=O) groups excluding carboxylic acids is 1. The van der Waals surface area contributed by atoms with Gasteiger partial charge in [-0.05, 0) is 110 Å². The Kier molecular flexibility index (Phi) is 8.01. The highest BCUT2D eigenvalue weighted by molar-refractivity contribution is 5.72. The van der Waals surface area contributed by atoms with E-state index in [4.69, 9.17) is 4.74 Å². The summed E-state index contributed by atoms with van der Waals surface area (Å²) in [6.45, 7) is 12.6. The zero-order chi connectivity index (χ0) is 25.5. The van der Waals surface area contributed by atoms with Gasteiger partial charge in [0, 0.05) is 0 Å². The summed E-state index contributed by atoms with van der Waals surface area (Å²) >= 11 is 0. The molecule has 0 radical (unpaired) electrons. The van der Waals surface area contributed by atoms with Crippen LogP contribution in [0, 0.1) is 58.2 Å². The van der Waals surface area contributed by atoms with Crippen LogP contribution in [0.2, 0.25) is 0 Å². The van der Waals surface area contributed by atoms with Gasteiger partial charge >= 0.3 is 5.97 Å². The van der Waals surface area contributed by atoms with Crippen LogP contribution in [0.25, 0.3) is 0 Å². The number of rotatable bonds is 7. The fourth-order valence-electron chi connectivity index (χ4n) is 10.3. The summed E-state index contributed by atoms with van der Waals surface area (Å²) in [5.41, 5.74) is 0.939. The first kappa shape index (κ1) is 26.8. The number of esters is 1. The van der Waals surface area contributed by atoms with Crippen molar-refractivity contribution in [2.24, 2.45) is 58.2 Å². The fourth-order valence-corrected chi connectivity index (χ4v) is 10.3. The van der Waals surface area contributed by atoms with E-state index in [1.807, 2.05) is 0 Å². The molecule has 0 aromatic heterocycles. The van der Waals surface area contributed by atoms with Gasteiger partial charge in [-0.15, -0.1) is 0 Å². The second-order valence-electron chi connectivity index (χ2n) is 15.0. The van der Waals surface area contributed by atoms with Crippen LogP contribution in [0.5, 0.6) is 0 Å². The summed E-state index contributed by atoms with van der Waals surface area (Å²) in [4.78, 5) is 12.8. The molecule has 4 fully saturated rings.